The van der Waals surface area contributed by atoms with E-state index in [1.165, 1.54) is 7.11 Å². The Labute approximate surface area is 128 Å². The van der Waals surface area contributed by atoms with Crippen molar-refractivity contribution in [2.45, 2.75) is 13.5 Å². The molecule has 0 radical (unpaired) electrons. The van der Waals surface area contributed by atoms with Gasteiger partial charge < -0.3 is 14.5 Å². The van der Waals surface area contributed by atoms with Crippen molar-refractivity contribution in [3.63, 3.8) is 0 Å². The van der Waals surface area contributed by atoms with Gasteiger partial charge in [-0.15, -0.1) is 0 Å². The number of aryl methyl sites for hydroxylation is 1. The second-order valence-electron chi connectivity index (χ2n) is 5.12. The van der Waals surface area contributed by atoms with Crippen LogP contribution in [0.15, 0.2) is 48.5 Å². The Bertz CT molecular complexity index is 806. The number of benzene rings is 2. The van der Waals surface area contributed by atoms with Crippen molar-refractivity contribution in [3.8, 4) is 5.75 Å². The van der Waals surface area contributed by atoms with Crippen LogP contribution in [0.5, 0.6) is 5.75 Å². The summed E-state index contributed by atoms with van der Waals surface area (Å²) in [6, 6.07) is 15.6. The highest BCUT2D eigenvalue weighted by atomic mass is 16.5. The second kappa shape index (κ2) is 5.93. The number of carbonyl (C=O) groups excluding carboxylic acids is 1. The molecule has 3 rings (SSSR count). The molecule has 0 saturated carbocycles. The molecule has 3 aromatic rings. The summed E-state index contributed by atoms with van der Waals surface area (Å²) in [6.07, 6.45) is 0. The lowest BCUT2D eigenvalue weighted by Crippen LogP contribution is -2.00. The molecule has 0 aliphatic rings. The Morgan fingerprint density at radius 2 is 1.91 bits per heavy atom. The normalized spacial score (nSPS) is 10.6. The van der Waals surface area contributed by atoms with Crippen LogP contribution in [0.2, 0.25) is 0 Å². The molecule has 0 saturated heterocycles. The summed E-state index contributed by atoms with van der Waals surface area (Å²) in [6.45, 7) is 2.47. The average molecular weight is 295 g/mol. The summed E-state index contributed by atoms with van der Waals surface area (Å²) in [7, 11) is 1.37. The number of hydrogen-bond donors (Lipinski definition) is 1. The largest absolute Gasteiger partial charge is 0.488 e. The monoisotopic (exact) mass is 295 g/mol. The van der Waals surface area contributed by atoms with Crippen LogP contribution in [0.25, 0.3) is 10.9 Å². The molecular formula is C18H17NO3. The van der Waals surface area contributed by atoms with E-state index in [0.29, 0.717) is 12.3 Å². The van der Waals surface area contributed by atoms with Gasteiger partial charge in [0.15, 0.2) is 0 Å². The summed E-state index contributed by atoms with van der Waals surface area (Å²) in [4.78, 5) is 14.8. The molecule has 1 aromatic heterocycles. The predicted octanol–water partition coefficient (Wildman–Crippen LogP) is 3.84. The zero-order chi connectivity index (χ0) is 15.5. The third kappa shape index (κ3) is 2.68. The van der Waals surface area contributed by atoms with E-state index in [2.05, 4.69) is 4.98 Å². The van der Waals surface area contributed by atoms with E-state index in [9.17, 15) is 4.79 Å². The summed E-state index contributed by atoms with van der Waals surface area (Å²) < 4.78 is 10.7. The number of hydrogen-bond acceptors (Lipinski definition) is 3. The lowest BCUT2D eigenvalue weighted by Gasteiger charge is -2.08. The lowest BCUT2D eigenvalue weighted by molar-refractivity contribution is 0.0595. The summed E-state index contributed by atoms with van der Waals surface area (Å²) in [5.74, 6) is 0.362. The summed E-state index contributed by atoms with van der Waals surface area (Å²) in [5.41, 5.74) is 3.47. The number of ether oxygens (including phenoxy) is 2. The van der Waals surface area contributed by atoms with Gasteiger partial charge in [-0.25, -0.2) is 4.79 Å². The first-order chi connectivity index (χ1) is 10.7. The Morgan fingerprint density at radius 3 is 2.64 bits per heavy atom. The maximum absolute atomic E-state index is 11.7. The van der Waals surface area contributed by atoms with Crippen molar-refractivity contribution in [2.24, 2.45) is 0 Å². The number of H-pyrrole nitrogens is 1. The fourth-order valence-corrected chi connectivity index (χ4v) is 2.41. The first-order valence-corrected chi connectivity index (χ1v) is 7.06. The van der Waals surface area contributed by atoms with Gasteiger partial charge in [0.2, 0.25) is 0 Å². The van der Waals surface area contributed by atoms with Crippen molar-refractivity contribution in [2.75, 3.05) is 7.11 Å². The predicted molar refractivity (Wildman–Crippen MR) is 85.1 cm³/mol. The number of esters is 1. The number of aromatic amines is 1. The molecule has 112 valence electrons. The van der Waals surface area contributed by atoms with Gasteiger partial charge in [0.25, 0.3) is 0 Å². The smallest absolute Gasteiger partial charge is 0.354 e. The molecule has 0 unspecified atom stereocenters. The van der Waals surface area contributed by atoms with Crippen LogP contribution in [0.4, 0.5) is 0 Å². The molecule has 4 nitrogen and oxygen atoms in total. The number of aromatic nitrogens is 1. The van der Waals surface area contributed by atoms with E-state index < -0.39 is 0 Å². The highest BCUT2D eigenvalue weighted by molar-refractivity contribution is 5.98. The summed E-state index contributed by atoms with van der Waals surface area (Å²) in [5, 5.41) is 0.885. The fourth-order valence-electron chi connectivity index (χ4n) is 2.41. The van der Waals surface area contributed by atoms with Crippen LogP contribution >= 0.6 is 0 Å². The van der Waals surface area contributed by atoms with Crippen LogP contribution in [0.3, 0.4) is 0 Å². The molecule has 22 heavy (non-hydrogen) atoms. The number of methoxy groups -OCH3 is 1. The van der Waals surface area contributed by atoms with Crippen molar-refractivity contribution >= 4 is 16.9 Å². The van der Waals surface area contributed by atoms with E-state index in [-0.39, 0.29) is 5.97 Å². The molecule has 1 N–H and O–H groups in total. The molecule has 2 aromatic carbocycles. The Balaban J connectivity index is 1.94. The maximum atomic E-state index is 11.7. The Kier molecular flexibility index (Phi) is 3.83. The SMILES string of the molecule is COC(=O)c1cc2c(OCc3ccccc3)ccc(C)c2[nH]1. The molecule has 0 spiro atoms. The van der Waals surface area contributed by atoms with Gasteiger partial charge >= 0.3 is 5.97 Å². The van der Waals surface area contributed by atoms with E-state index in [1.807, 2.05) is 49.4 Å². The second-order valence-corrected chi connectivity index (χ2v) is 5.12. The minimum atomic E-state index is -0.385. The molecule has 0 amide bonds. The molecule has 4 heteroatoms. The molecule has 0 fully saturated rings. The third-order valence-electron chi connectivity index (χ3n) is 3.60. The molecule has 1 heterocycles. The molecule has 0 atom stereocenters. The van der Waals surface area contributed by atoms with Gasteiger partial charge in [0, 0.05) is 5.39 Å². The first kappa shape index (κ1) is 14.2. The average Bonchev–Trinajstić information content (AvgIpc) is 3.01. The van der Waals surface area contributed by atoms with E-state index in [0.717, 1.165) is 27.8 Å². The molecule has 0 bridgehead atoms. The standard InChI is InChI=1S/C18H17NO3/c1-12-8-9-16(22-11-13-6-4-3-5-7-13)14-10-15(18(20)21-2)19-17(12)14/h3-10,19H,11H2,1-2H3. The summed E-state index contributed by atoms with van der Waals surface area (Å²) >= 11 is 0. The van der Waals surface area contributed by atoms with Gasteiger partial charge in [-0.05, 0) is 30.2 Å². The number of fused-ring (bicyclic) bond motifs is 1. The highest BCUT2D eigenvalue weighted by Gasteiger charge is 2.14. The van der Waals surface area contributed by atoms with Crippen molar-refractivity contribution in [1.82, 2.24) is 4.98 Å². The van der Waals surface area contributed by atoms with Crippen LogP contribution in [-0.2, 0) is 11.3 Å². The van der Waals surface area contributed by atoms with E-state index >= 15 is 0 Å². The topological polar surface area (TPSA) is 51.3 Å². The Hall–Kier alpha value is -2.75. The van der Waals surface area contributed by atoms with Crippen LogP contribution < -0.4 is 4.74 Å². The van der Waals surface area contributed by atoms with Gasteiger partial charge in [0.1, 0.15) is 18.1 Å². The molecular weight excluding hydrogens is 278 g/mol. The first-order valence-electron chi connectivity index (χ1n) is 7.06. The minimum Gasteiger partial charge on any atom is -0.488 e. The van der Waals surface area contributed by atoms with Gasteiger partial charge in [0.05, 0.1) is 12.6 Å². The van der Waals surface area contributed by atoms with E-state index in [4.69, 9.17) is 9.47 Å². The lowest BCUT2D eigenvalue weighted by atomic mass is 10.1. The number of carbonyl (C=O) groups is 1. The molecule has 0 aliphatic carbocycles. The minimum absolute atomic E-state index is 0.385. The van der Waals surface area contributed by atoms with Gasteiger partial charge in [-0.1, -0.05) is 36.4 Å². The van der Waals surface area contributed by atoms with E-state index in [1.54, 1.807) is 6.07 Å². The van der Waals surface area contributed by atoms with Gasteiger partial charge in [-0.2, -0.15) is 0 Å². The zero-order valence-corrected chi connectivity index (χ0v) is 12.6. The van der Waals surface area contributed by atoms with Crippen molar-refractivity contribution < 1.29 is 14.3 Å². The van der Waals surface area contributed by atoms with Crippen molar-refractivity contribution in [3.05, 3.63) is 65.4 Å². The van der Waals surface area contributed by atoms with Crippen LogP contribution in [0, 0.1) is 6.92 Å². The molecule has 0 aliphatic heterocycles. The zero-order valence-electron chi connectivity index (χ0n) is 12.6. The Morgan fingerprint density at radius 1 is 1.14 bits per heavy atom. The van der Waals surface area contributed by atoms with Crippen molar-refractivity contribution in [1.29, 1.82) is 0 Å². The fraction of sp³-hybridized carbons (Fsp3) is 0.167. The van der Waals surface area contributed by atoms with Crippen LogP contribution in [-0.4, -0.2) is 18.1 Å². The number of rotatable bonds is 4. The highest BCUT2D eigenvalue weighted by Crippen LogP contribution is 2.30. The third-order valence-corrected chi connectivity index (χ3v) is 3.60. The van der Waals surface area contributed by atoms with Gasteiger partial charge in [-0.3, -0.25) is 0 Å². The number of nitrogens with one attached hydrogen (secondary N) is 1. The maximum Gasteiger partial charge on any atom is 0.354 e. The van der Waals surface area contributed by atoms with Crippen LogP contribution in [0.1, 0.15) is 21.6 Å². The quantitative estimate of drug-likeness (QED) is 0.744.